The topological polar surface area (TPSA) is 183 Å². The van der Waals surface area contributed by atoms with E-state index in [2.05, 4.69) is 20.5 Å². The van der Waals surface area contributed by atoms with Gasteiger partial charge >= 0.3 is 12.1 Å². The Kier molecular flexibility index (Phi) is 13.6. The highest BCUT2D eigenvalue weighted by Gasteiger charge is 2.49. The number of nitrogens with one attached hydrogen (secondary N) is 3. The number of hydrogen-bond donors (Lipinski definition) is 6. The van der Waals surface area contributed by atoms with Crippen LogP contribution < -0.4 is 20.9 Å². The minimum Gasteiger partial charge on any atom is -0.506 e. The Balaban J connectivity index is 0.968. The van der Waals surface area contributed by atoms with Crippen molar-refractivity contribution in [1.82, 2.24) is 15.2 Å². The van der Waals surface area contributed by atoms with E-state index < -0.39 is 23.8 Å². The van der Waals surface area contributed by atoms with E-state index in [9.17, 15) is 29.7 Å². The lowest BCUT2D eigenvalue weighted by atomic mass is 9.72. The fourth-order valence-electron chi connectivity index (χ4n) is 8.03. The molecule has 2 saturated carbocycles. The number of fused-ring (bicyclic) bond motifs is 1. The number of hydrogen-bond acceptors (Lipinski definition) is 11. The Labute approximate surface area is 330 Å². The van der Waals surface area contributed by atoms with Gasteiger partial charge < -0.3 is 44.7 Å². The molecule has 14 heteroatoms. The van der Waals surface area contributed by atoms with Gasteiger partial charge in [0, 0.05) is 54.7 Å². The Morgan fingerprint density at radius 3 is 2.46 bits per heavy atom. The van der Waals surface area contributed by atoms with E-state index in [0.717, 1.165) is 38.5 Å². The summed E-state index contributed by atoms with van der Waals surface area (Å²) in [5.74, 6) is -0.454. The first kappa shape index (κ1) is 41.0. The normalized spacial score (nSPS) is 19.0. The maximum Gasteiger partial charge on any atom is 0.411 e. The molecule has 2 aliphatic carbocycles. The molecule has 0 saturated heterocycles. The number of benzene rings is 3. The number of nitrogens with zero attached hydrogens (tertiary/aromatic N) is 1. The lowest BCUT2D eigenvalue weighted by Gasteiger charge is -2.41. The smallest absolute Gasteiger partial charge is 0.411 e. The average molecular weight is 791 g/mol. The number of phenols is 1. The highest BCUT2D eigenvalue weighted by atomic mass is 35.5. The zero-order chi connectivity index (χ0) is 39.8. The van der Waals surface area contributed by atoms with Crippen LogP contribution >= 0.6 is 11.6 Å². The molecular formula is C42H51ClN4O9. The van der Waals surface area contributed by atoms with Gasteiger partial charge in [-0.1, -0.05) is 48.0 Å². The molecule has 3 aromatic carbocycles. The number of halogens is 1. The van der Waals surface area contributed by atoms with Gasteiger partial charge in [-0.3, -0.25) is 10.1 Å². The lowest BCUT2D eigenvalue weighted by molar-refractivity contribution is -0.181. The minimum atomic E-state index is -1.70. The van der Waals surface area contributed by atoms with E-state index >= 15 is 0 Å². The molecular weight excluding hydrogens is 740 g/mol. The number of aromatic hydroxyl groups is 1. The summed E-state index contributed by atoms with van der Waals surface area (Å²) < 4.78 is 16.9. The summed E-state index contributed by atoms with van der Waals surface area (Å²) in [6.45, 7) is 1.05. The largest absolute Gasteiger partial charge is 0.506 e. The fraction of sp³-hybridized carbons (Fsp3) is 0.452. The summed E-state index contributed by atoms with van der Waals surface area (Å²) in [5, 5.41) is 39.7. The van der Waals surface area contributed by atoms with Crippen LogP contribution in [-0.2, 0) is 26.4 Å². The van der Waals surface area contributed by atoms with Gasteiger partial charge in [0.1, 0.15) is 24.2 Å². The summed E-state index contributed by atoms with van der Waals surface area (Å²) in [6, 6.07) is 18.5. The Morgan fingerprint density at radius 1 is 1.02 bits per heavy atom. The van der Waals surface area contributed by atoms with E-state index in [1.54, 1.807) is 36.4 Å². The molecule has 0 radical (unpaired) electrons. The number of likely N-dealkylation sites (N-methyl/N-ethyl adjacent to an activating group) is 1. The summed E-state index contributed by atoms with van der Waals surface area (Å²) in [6.07, 6.45) is 4.80. The zero-order valence-corrected chi connectivity index (χ0v) is 32.5. The van der Waals surface area contributed by atoms with Crippen LogP contribution in [0.4, 0.5) is 10.5 Å². The van der Waals surface area contributed by atoms with E-state index in [1.165, 1.54) is 19.2 Å². The number of phenolic OH excluding ortho intramolecular Hbond substituents is 1. The number of aromatic amines is 1. The van der Waals surface area contributed by atoms with Gasteiger partial charge in [0.25, 0.3) is 0 Å². The monoisotopic (exact) mass is 790 g/mol. The second kappa shape index (κ2) is 18.5. The van der Waals surface area contributed by atoms with Crippen molar-refractivity contribution < 1.29 is 39.1 Å². The van der Waals surface area contributed by atoms with Crippen molar-refractivity contribution in [3.8, 4) is 11.5 Å². The predicted molar refractivity (Wildman–Crippen MR) is 213 cm³/mol. The molecule has 1 aromatic heterocycles. The summed E-state index contributed by atoms with van der Waals surface area (Å²) >= 11 is 6.55. The average Bonchev–Trinajstić information content (AvgIpc) is 3.72. The van der Waals surface area contributed by atoms with E-state index in [-0.39, 0.29) is 59.6 Å². The Bertz CT molecular complexity index is 2030. The van der Waals surface area contributed by atoms with Crippen LogP contribution in [0.5, 0.6) is 11.5 Å². The molecule has 300 valence electrons. The first-order valence-electron chi connectivity index (χ1n) is 19.2. The standard InChI is InChI=1S/C42H51ClN4O9/c1-47(29-14-12-28(13-15-29)42(53,27-8-4-3-5-9-27)40(51)56-30-10-6-7-11-30)20-21-55-41(52)45-34-23-37(54-2)26(22-33(34)43)24-44-25-36(49)31-16-18-35(48)39-32(31)17-19-38(50)46-39/h3-5,8-9,16-19,22-23,28-30,36,44,48-49,53H,6-7,10-15,20-21,24-25H2,1-2H3,(H,45,52)(H,46,50)/t28?,29?,36-,42?/m1/s1. The number of H-pyrrole nitrogens is 1. The van der Waals surface area contributed by atoms with Crippen LogP contribution in [0.1, 0.15) is 74.2 Å². The van der Waals surface area contributed by atoms with Crippen LogP contribution in [-0.4, -0.2) is 83.3 Å². The molecule has 0 spiro atoms. The number of carbonyl (C=O) groups excluding carboxylic acids is 2. The number of anilines is 1. The van der Waals surface area contributed by atoms with Crippen LogP contribution in [0.25, 0.3) is 10.9 Å². The number of aliphatic hydroxyl groups is 2. The van der Waals surface area contributed by atoms with Gasteiger partial charge in [0.2, 0.25) is 5.56 Å². The molecule has 1 heterocycles. The van der Waals surface area contributed by atoms with Crippen molar-refractivity contribution in [2.75, 3.05) is 39.2 Å². The van der Waals surface area contributed by atoms with Crippen molar-refractivity contribution >= 4 is 40.3 Å². The summed E-state index contributed by atoms with van der Waals surface area (Å²) in [7, 11) is 3.48. The number of methoxy groups -OCH3 is 1. The second-order valence-corrected chi connectivity index (χ2v) is 15.2. The van der Waals surface area contributed by atoms with Gasteiger partial charge in [-0.2, -0.15) is 0 Å². The van der Waals surface area contributed by atoms with Crippen molar-refractivity contribution in [2.24, 2.45) is 5.92 Å². The number of esters is 1. The molecule has 1 unspecified atom stereocenters. The third-order valence-corrected chi connectivity index (χ3v) is 11.5. The highest BCUT2D eigenvalue weighted by molar-refractivity contribution is 6.33. The van der Waals surface area contributed by atoms with Gasteiger partial charge in [0.05, 0.1) is 29.4 Å². The predicted octanol–water partition coefficient (Wildman–Crippen LogP) is 6.13. The third kappa shape index (κ3) is 9.47. The number of ether oxygens (including phenoxy) is 3. The van der Waals surface area contributed by atoms with Crippen molar-refractivity contribution in [1.29, 1.82) is 0 Å². The van der Waals surface area contributed by atoms with Crippen LogP contribution in [0.3, 0.4) is 0 Å². The molecule has 6 rings (SSSR count). The Morgan fingerprint density at radius 2 is 1.75 bits per heavy atom. The van der Waals surface area contributed by atoms with Crippen molar-refractivity contribution in [2.45, 2.75) is 81.8 Å². The second-order valence-electron chi connectivity index (χ2n) is 14.8. The van der Waals surface area contributed by atoms with E-state index in [4.69, 9.17) is 25.8 Å². The first-order chi connectivity index (χ1) is 27.0. The zero-order valence-electron chi connectivity index (χ0n) is 31.8. The quantitative estimate of drug-likeness (QED) is 0.0762. The molecule has 1 amide bonds. The van der Waals surface area contributed by atoms with E-state index in [0.29, 0.717) is 52.9 Å². The van der Waals surface area contributed by atoms with Crippen molar-refractivity contribution in [3.05, 3.63) is 98.8 Å². The molecule has 2 aliphatic rings. The van der Waals surface area contributed by atoms with E-state index in [1.807, 2.05) is 25.2 Å². The maximum absolute atomic E-state index is 13.5. The van der Waals surface area contributed by atoms with Crippen LogP contribution in [0.15, 0.2) is 71.5 Å². The summed E-state index contributed by atoms with van der Waals surface area (Å²) in [4.78, 5) is 42.8. The number of carbonyl (C=O) groups is 2. The van der Waals surface area contributed by atoms with Gasteiger partial charge in [-0.05, 0) is 87.7 Å². The fourth-order valence-corrected chi connectivity index (χ4v) is 8.26. The van der Waals surface area contributed by atoms with Gasteiger partial charge in [-0.25, -0.2) is 9.59 Å². The van der Waals surface area contributed by atoms with Gasteiger partial charge in [-0.15, -0.1) is 0 Å². The number of pyridine rings is 1. The van der Waals surface area contributed by atoms with Crippen molar-refractivity contribution in [3.63, 3.8) is 0 Å². The molecule has 6 N–H and O–H groups in total. The first-order valence-corrected chi connectivity index (χ1v) is 19.6. The Hall–Kier alpha value is -4.66. The van der Waals surface area contributed by atoms with Crippen LogP contribution in [0.2, 0.25) is 5.02 Å². The number of aromatic nitrogens is 1. The number of amides is 1. The number of rotatable bonds is 15. The molecule has 0 bridgehead atoms. The molecule has 2 fully saturated rings. The minimum absolute atomic E-state index is 0.0881. The molecule has 56 heavy (non-hydrogen) atoms. The molecule has 13 nitrogen and oxygen atoms in total. The molecule has 0 aliphatic heterocycles. The van der Waals surface area contributed by atoms with Crippen LogP contribution in [0, 0.1) is 5.92 Å². The highest BCUT2D eigenvalue weighted by Crippen LogP contribution is 2.42. The molecule has 4 aromatic rings. The lowest BCUT2D eigenvalue weighted by Crippen LogP contribution is -2.48. The maximum atomic E-state index is 13.5. The van der Waals surface area contributed by atoms with Gasteiger partial charge in [0.15, 0.2) is 5.60 Å². The summed E-state index contributed by atoms with van der Waals surface area (Å²) in [5.41, 5.74) is 0.292. The number of aliphatic hydroxyl groups excluding tert-OH is 1. The molecule has 2 atom stereocenters. The third-order valence-electron chi connectivity index (χ3n) is 11.2. The SMILES string of the molecule is COc1cc(NC(=O)OCCN(C)C2CCC(C(O)(C(=O)OC3CCCC3)c3ccccc3)CC2)c(Cl)cc1CNC[C@@H](O)c1ccc(O)c2[nH]c(=O)ccc12.